The minimum atomic E-state index is -0.468. The van der Waals surface area contributed by atoms with E-state index in [1.165, 1.54) is 0 Å². The van der Waals surface area contributed by atoms with E-state index in [1.807, 2.05) is 6.92 Å². The Morgan fingerprint density at radius 3 is 2.43 bits per heavy atom. The van der Waals surface area contributed by atoms with Crippen molar-refractivity contribution in [1.82, 2.24) is 0 Å². The fraction of sp³-hybridized carbons (Fsp3) is 0.455. The second-order valence-corrected chi connectivity index (χ2v) is 3.92. The number of rotatable bonds is 3. The highest BCUT2D eigenvalue weighted by atomic mass is 35.5. The molecule has 1 rings (SSSR count). The molecule has 1 aromatic carbocycles. The van der Waals surface area contributed by atoms with Gasteiger partial charge in [0.1, 0.15) is 5.75 Å². The Kier molecular flexibility index (Phi) is 3.78. The molecule has 0 bridgehead atoms. The summed E-state index contributed by atoms with van der Waals surface area (Å²) in [5.41, 5.74) is 1.54. The third kappa shape index (κ3) is 2.63. The molecule has 2 nitrogen and oxygen atoms in total. The molecule has 78 valence electrons. The second kappa shape index (κ2) is 4.67. The summed E-state index contributed by atoms with van der Waals surface area (Å²) in [6.07, 6.45) is 0.697. The van der Waals surface area contributed by atoms with Gasteiger partial charge in [0.2, 0.25) is 0 Å². The molecule has 0 saturated heterocycles. The van der Waals surface area contributed by atoms with E-state index in [0.29, 0.717) is 17.0 Å². The molecule has 0 aromatic heterocycles. The molecule has 2 N–H and O–H groups in total. The van der Waals surface area contributed by atoms with Crippen LogP contribution in [0, 0.1) is 0 Å². The van der Waals surface area contributed by atoms with Crippen molar-refractivity contribution in [3.05, 3.63) is 28.3 Å². The standard InChI is InChI=1S/C11H15ClO2/c1-3-8-5-10(12)6-9(11(8)14)4-7(2)13/h5-7,13-14H,3-4H2,1-2H3. The molecule has 0 aliphatic carbocycles. The molecule has 0 amide bonds. The van der Waals surface area contributed by atoms with Crippen molar-refractivity contribution in [2.45, 2.75) is 32.8 Å². The first-order chi connectivity index (χ1) is 6.54. The van der Waals surface area contributed by atoms with Crippen LogP contribution >= 0.6 is 11.6 Å². The van der Waals surface area contributed by atoms with Gasteiger partial charge in [-0.2, -0.15) is 0 Å². The van der Waals surface area contributed by atoms with E-state index in [4.69, 9.17) is 11.6 Å². The van der Waals surface area contributed by atoms with Crippen molar-refractivity contribution < 1.29 is 10.2 Å². The summed E-state index contributed by atoms with van der Waals surface area (Å²) in [7, 11) is 0. The van der Waals surface area contributed by atoms with Gasteiger partial charge in [0, 0.05) is 11.4 Å². The average Bonchev–Trinajstić information content (AvgIpc) is 2.09. The number of aromatic hydroxyl groups is 1. The van der Waals surface area contributed by atoms with Gasteiger partial charge in [-0.1, -0.05) is 18.5 Å². The molecule has 1 unspecified atom stereocenters. The van der Waals surface area contributed by atoms with E-state index >= 15 is 0 Å². The molecule has 0 aliphatic rings. The number of hydrogen-bond donors (Lipinski definition) is 2. The maximum atomic E-state index is 9.79. The Hall–Kier alpha value is -0.730. The first-order valence-corrected chi connectivity index (χ1v) is 5.10. The Bertz CT molecular complexity index is 321. The third-order valence-electron chi connectivity index (χ3n) is 2.13. The van der Waals surface area contributed by atoms with E-state index in [0.717, 1.165) is 12.0 Å². The van der Waals surface area contributed by atoms with Crippen LogP contribution in [0.25, 0.3) is 0 Å². The SMILES string of the molecule is CCc1cc(Cl)cc(CC(C)O)c1O. The zero-order chi connectivity index (χ0) is 10.7. The largest absolute Gasteiger partial charge is 0.507 e. The molecule has 0 radical (unpaired) electrons. The molecule has 0 heterocycles. The first-order valence-electron chi connectivity index (χ1n) is 4.73. The highest BCUT2D eigenvalue weighted by molar-refractivity contribution is 6.30. The lowest BCUT2D eigenvalue weighted by Gasteiger charge is -2.10. The van der Waals surface area contributed by atoms with Crippen LogP contribution < -0.4 is 0 Å². The summed E-state index contributed by atoms with van der Waals surface area (Å²) >= 11 is 5.89. The van der Waals surface area contributed by atoms with Gasteiger partial charge in [-0.05, 0) is 36.6 Å². The summed E-state index contributed by atoms with van der Waals surface area (Å²) in [6.45, 7) is 3.64. The van der Waals surface area contributed by atoms with Gasteiger partial charge in [0.15, 0.2) is 0 Å². The average molecular weight is 215 g/mol. The molecule has 1 atom stereocenters. The van der Waals surface area contributed by atoms with E-state index in [2.05, 4.69) is 0 Å². The number of hydrogen-bond acceptors (Lipinski definition) is 2. The zero-order valence-electron chi connectivity index (χ0n) is 8.42. The maximum Gasteiger partial charge on any atom is 0.122 e. The van der Waals surface area contributed by atoms with Gasteiger partial charge in [-0.15, -0.1) is 0 Å². The zero-order valence-corrected chi connectivity index (χ0v) is 9.17. The summed E-state index contributed by atoms with van der Waals surface area (Å²) in [5, 5.41) is 19.6. The molecular formula is C11H15ClO2. The van der Waals surface area contributed by atoms with Gasteiger partial charge in [0.05, 0.1) is 6.10 Å². The first kappa shape index (κ1) is 11.3. The minimum absolute atomic E-state index is 0.262. The Labute approximate surface area is 89.1 Å². The molecule has 0 aliphatic heterocycles. The molecule has 0 saturated carbocycles. The number of aryl methyl sites for hydroxylation is 1. The molecule has 3 heteroatoms. The van der Waals surface area contributed by atoms with Crippen molar-refractivity contribution in [1.29, 1.82) is 0 Å². The molecule has 0 spiro atoms. The lowest BCUT2D eigenvalue weighted by molar-refractivity contribution is 0.194. The predicted octanol–water partition coefficient (Wildman–Crippen LogP) is 2.53. The van der Waals surface area contributed by atoms with Crippen LogP contribution in [-0.4, -0.2) is 16.3 Å². The normalized spacial score (nSPS) is 12.9. The van der Waals surface area contributed by atoms with Crippen LogP contribution in [-0.2, 0) is 12.8 Å². The van der Waals surface area contributed by atoms with Gasteiger partial charge in [-0.25, -0.2) is 0 Å². The number of phenolic OH excluding ortho intramolecular Hbond substituents is 1. The number of aliphatic hydroxyl groups is 1. The van der Waals surface area contributed by atoms with E-state index in [9.17, 15) is 10.2 Å². The highest BCUT2D eigenvalue weighted by Gasteiger charge is 2.09. The van der Waals surface area contributed by atoms with Crippen molar-refractivity contribution in [3.8, 4) is 5.75 Å². The van der Waals surface area contributed by atoms with E-state index in [1.54, 1.807) is 19.1 Å². The monoisotopic (exact) mass is 214 g/mol. The Balaban J connectivity index is 3.08. The van der Waals surface area contributed by atoms with Crippen molar-refractivity contribution in [3.63, 3.8) is 0 Å². The summed E-state index contributed by atoms with van der Waals surface area (Å²) in [4.78, 5) is 0. The summed E-state index contributed by atoms with van der Waals surface area (Å²) in [5.74, 6) is 0.262. The highest BCUT2D eigenvalue weighted by Crippen LogP contribution is 2.28. The van der Waals surface area contributed by atoms with Crippen LogP contribution in [0.1, 0.15) is 25.0 Å². The number of benzene rings is 1. The van der Waals surface area contributed by atoms with Crippen molar-refractivity contribution >= 4 is 11.6 Å². The quantitative estimate of drug-likeness (QED) is 0.812. The van der Waals surface area contributed by atoms with Crippen LogP contribution in [0.5, 0.6) is 5.75 Å². The number of halogens is 1. The van der Waals surface area contributed by atoms with Crippen LogP contribution in [0.15, 0.2) is 12.1 Å². The van der Waals surface area contributed by atoms with Crippen LogP contribution in [0.3, 0.4) is 0 Å². The van der Waals surface area contributed by atoms with Gasteiger partial charge >= 0.3 is 0 Å². The number of phenols is 1. The lowest BCUT2D eigenvalue weighted by atomic mass is 10.0. The van der Waals surface area contributed by atoms with Crippen molar-refractivity contribution in [2.24, 2.45) is 0 Å². The van der Waals surface area contributed by atoms with Crippen LogP contribution in [0.2, 0.25) is 5.02 Å². The maximum absolute atomic E-state index is 9.79. The fourth-order valence-electron chi connectivity index (χ4n) is 1.46. The second-order valence-electron chi connectivity index (χ2n) is 3.48. The minimum Gasteiger partial charge on any atom is -0.507 e. The molecular weight excluding hydrogens is 200 g/mol. The topological polar surface area (TPSA) is 40.5 Å². The molecule has 14 heavy (non-hydrogen) atoms. The van der Waals surface area contributed by atoms with Gasteiger partial charge in [-0.3, -0.25) is 0 Å². The number of aliphatic hydroxyl groups excluding tert-OH is 1. The molecule has 1 aromatic rings. The molecule has 0 fully saturated rings. The van der Waals surface area contributed by atoms with E-state index in [-0.39, 0.29) is 5.75 Å². The van der Waals surface area contributed by atoms with Crippen molar-refractivity contribution in [2.75, 3.05) is 0 Å². The van der Waals surface area contributed by atoms with E-state index < -0.39 is 6.10 Å². The third-order valence-corrected chi connectivity index (χ3v) is 2.35. The van der Waals surface area contributed by atoms with Gasteiger partial charge < -0.3 is 10.2 Å². The lowest BCUT2D eigenvalue weighted by Crippen LogP contribution is -2.05. The van der Waals surface area contributed by atoms with Gasteiger partial charge in [0.25, 0.3) is 0 Å². The Morgan fingerprint density at radius 2 is 1.93 bits per heavy atom. The summed E-state index contributed by atoms with van der Waals surface area (Å²) < 4.78 is 0. The smallest absolute Gasteiger partial charge is 0.122 e. The Morgan fingerprint density at radius 1 is 1.36 bits per heavy atom. The fourth-order valence-corrected chi connectivity index (χ4v) is 1.72. The summed E-state index contributed by atoms with van der Waals surface area (Å²) in [6, 6.07) is 3.45. The van der Waals surface area contributed by atoms with Crippen LogP contribution in [0.4, 0.5) is 0 Å². The predicted molar refractivity (Wildman–Crippen MR) is 57.9 cm³/mol.